The van der Waals surface area contributed by atoms with Crippen molar-refractivity contribution in [2.24, 2.45) is 13.0 Å². The molecule has 30 heavy (non-hydrogen) atoms. The van der Waals surface area contributed by atoms with Crippen molar-refractivity contribution in [3.05, 3.63) is 59.4 Å². The van der Waals surface area contributed by atoms with E-state index in [0.717, 1.165) is 5.56 Å². The second-order valence-electron chi connectivity index (χ2n) is 6.86. The van der Waals surface area contributed by atoms with Gasteiger partial charge in [-0.05, 0) is 35.9 Å². The number of hydrogen-bond donors (Lipinski definition) is 1. The van der Waals surface area contributed by atoms with E-state index in [2.05, 4.69) is 11.2 Å². The molecule has 2 aromatic carbocycles. The number of rotatable bonds is 4. The van der Waals surface area contributed by atoms with Crippen molar-refractivity contribution < 1.29 is 18.6 Å². The Balaban J connectivity index is 1.95. The SMILES string of the molecule is COc1ccc(-c2nn(C)c3c2C(c2ccc(F)cc2)C(C#N)C(=N)O3)cc1OC. The number of hydrogen-bond acceptors (Lipinski definition) is 6. The lowest BCUT2D eigenvalue weighted by Gasteiger charge is -2.28. The lowest BCUT2D eigenvalue weighted by Crippen LogP contribution is -2.31. The monoisotopic (exact) mass is 406 g/mol. The minimum atomic E-state index is -0.869. The number of aryl methyl sites for hydroxylation is 1. The van der Waals surface area contributed by atoms with E-state index in [1.165, 1.54) is 12.1 Å². The van der Waals surface area contributed by atoms with Crippen LogP contribution >= 0.6 is 0 Å². The highest BCUT2D eigenvalue weighted by Gasteiger charge is 2.41. The summed E-state index contributed by atoms with van der Waals surface area (Å²) < 4.78 is 31.5. The number of methoxy groups -OCH3 is 2. The van der Waals surface area contributed by atoms with Gasteiger partial charge in [-0.2, -0.15) is 10.4 Å². The van der Waals surface area contributed by atoms with E-state index < -0.39 is 11.8 Å². The smallest absolute Gasteiger partial charge is 0.223 e. The van der Waals surface area contributed by atoms with Crippen LogP contribution in [-0.2, 0) is 7.05 Å². The fourth-order valence-electron chi connectivity index (χ4n) is 3.77. The van der Waals surface area contributed by atoms with E-state index >= 15 is 0 Å². The van der Waals surface area contributed by atoms with Crippen LogP contribution in [0.25, 0.3) is 11.3 Å². The van der Waals surface area contributed by atoms with Crippen molar-refractivity contribution in [2.75, 3.05) is 14.2 Å². The maximum absolute atomic E-state index is 13.5. The standard InChI is InChI=1S/C22H19FN4O3/c1-27-22-19(20(26-27)13-6-9-16(28-2)17(10-13)29-3)18(15(11-24)21(25)30-22)12-4-7-14(23)8-5-12/h4-10,15,18,25H,1-3H3. The molecule has 7 nitrogen and oxygen atoms in total. The van der Waals surface area contributed by atoms with Crippen LogP contribution in [0.1, 0.15) is 17.0 Å². The van der Waals surface area contributed by atoms with Gasteiger partial charge in [0, 0.05) is 18.5 Å². The molecule has 2 heterocycles. The molecule has 1 aliphatic heterocycles. The van der Waals surface area contributed by atoms with Gasteiger partial charge in [0.2, 0.25) is 11.8 Å². The van der Waals surface area contributed by atoms with Crippen molar-refractivity contribution >= 4 is 5.90 Å². The number of aromatic nitrogens is 2. The van der Waals surface area contributed by atoms with Crippen molar-refractivity contribution in [2.45, 2.75) is 5.92 Å². The molecule has 2 atom stereocenters. The van der Waals surface area contributed by atoms with Crippen LogP contribution in [0.15, 0.2) is 42.5 Å². The highest BCUT2D eigenvalue weighted by Crippen LogP contribution is 2.47. The third-order valence-corrected chi connectivity index (χ3v) is 5.19. The van der Waals surface area contributed by atoms with Gasteiger partial charge in [0.05, 0.1) is 25.9 Å². The summed E-state index contributed by atoms with van der Waals surface area (Å²) in [7, 11) is 4.82. The first-order chi connectivity index (χ1) is 14.5. The van der Waals surface area contributed by atoms with E-state index in [-0.39, 0.29) is 11.7 Å². The van der Waals surface area contributed by atoms with Gasteiger partial charge >= 0.3 is 0 Å². The Morgan fingerprint density at radius 2 is 1.83 bits per heavy atom. The molecular weight excluding hydrogens is 387 g/mol. The van der Waals surface area contributed by atoms with Crippen LogP contribution in [0.3, 0.4) is 0 Å². The molecule has 3 aromatic rings. The molecule has 4 rings (SSSR count). The number of ether oxygens (including phenoxy) is 3. The van der Waals surface area contributed by atoms with E-state index in [4.69, 9.17) is 19.6 Å². The van der Waals surface area contributed by atoms with Gasteiger partial charge < -0.3 is 14.2 Å². The van der Waals surface area contributed by atoms with Crippen molar-refractivity contribution in [1.29, 1.82) is 10.7 Å². The molecule has 0 fully saturated rings. The van der Waals surface area contributed by atoms with Crippen LogP contribution in [0.4, 0.5) is 4.39 Å². The number of halogens is 1. The molecule has 8 heteroatoms. The van der Waals surface area contributed by atoms with Gasteiger partial charge in [-0.3, -0.25) is 5.41 Å². The number of nitrogens with one attached hydrogen (secondary N) is 1. The first-order valence-electron chi connectivity index (χ1n) is 9.19. The van der Waals surface area contributed by atoms with Gasteiger partial charge in [-0.15, -0.1) is 0 Å². The maximum Gasteiger partial charge on any atom is 0.223 e. The molecule has 0 spiro atoms. The van der Waals surface area contributed by atoms with Gasteiger partial charge in [-0.25, -0.2) is 9.07 Å². The minimum absolute atomic E-state index is 0.166. The molecule has 0 amide bonds. The summed E-state index contributed by atoms with van der Waals surface area (Å²) in [5.74, 6) is -0.453. The third kappa shape index (κ3) is 3.05. The first-order valence-corrected chi connectivity index (χ1v) is 9.19. The third-order valence-electron chi connectivity index (χ3n) is 5.19. The van der Waals surface area contributed by atoms with E-state index in [1.807, 2.05) is 6.07 Å². The molecule has 2 unspecified atom stereocenters. The average Bonchev–Trinajstić information content (AvgIpc) is 3.08. The van der Waals surface area contributed by atoms with Gasteiger partial charge in [-0.1, -0.05) is 12.1 Å². The van der Waals surface area contributed by atoms with Crippen molar-refractivity contribution in [1.82, 2.24) is 9.78 Å². The second-order valence-corrected chi connectivity index (χ2v) is 6.86. The summed E-state index contributed by atoms with van der Waals surface area (Å²) in [5, 5.41) is 22.6. The highest BCUT2D eigenvalue weighted by atomic mass is 19.1. The first kappa shape index (κ1) is 19.5. The van der Waals surface area contributed by atoms with Crippen LogP contribution in [0, 0.1) is 28.5 Å². The number of nitrogens with zero attached hydrogens (tertiary/aromatic N) is 3. The molecule has 0 aliphatic carbocycles. The molecular formula is C22H19FN4O3. The summed E-state index contributed by atoms with van der Waals surface area (Å²) in [6.45, 7) is 0. The molecule has 0 saturated heterocycles. The van der Waals surface area contributed by atoms with Crippen molar-refractivity contribution in [3.63, 3.8) is 0 Å². The van der Waals surface area contributed by atoms with Crippen LogP contribution in [0.2, 0.25) is 0 Å². The Bertz CT molecular complexity index is 1160. The number of nitriles is 1. The van der Waals surface area contributed by atoms with E-state index in [1.54, 1.807) is 50.2 Å². The zero-order chi connectivity index (χ0) is 21.4. The zero-order valence-corrected chi connectivity index (χ0v) is 16.6. The Morgan fingerprint density at radius 1 is 1.13 bits per heavy atom. The zero-order valence-electron chi connectivity index (χ0n) is 16.6. The van der Waals surface area contributed by atoms with Crippen LogP contribution in [-0.4, -0.2) is 29.9 Å². The molecule has 0 bridgehead atoms. The van der Waals surface area contributed by atoms with E-state index in [9.17, 15) is 9.65 Å². The average molecular weight is 406 g/mol. The molecule has 0 radical (unpaired) electrons. The number of benzene rings is 2. The molecule has 1 aromatic heterocycles. The summed E-state index contributed by atoms with van der Waals surface area (Å²) in [6.07, 6.45) is 0. The quantitative estimate of drug-likeness (QED) is 0.710. The summed E-state index contributed by atoms with van der Waals surface area (Å²) in [6, 6.07) is 13.5. The molecule has 0 saturated carbocycles. The van der Waals surface area contributed by atoms with Crippen molar-refractivity contribution in [3.8, 4) is 34.7 Å². The highest BCUT2D eigenvalue weighted by molar-refractivity contribution is 5.87. The fourth-order valence-corrected chi connectivity index (χ4v) is 3.77. The molecule has 152 valence electrons. The number of fused-ring (bicyclic) bond motifs is 1. The van der Waals surface area contributed by atoms with Gasteiger partial charge in [0.1, 0.15) is 17.4 Å². The van der Waals surface area contributed by atoms with Crippen LogP contribution in [0.5, 0.6) is 17.4 Å². The Morgan fingerprint density at radius 3 is 2.47 bits per heavy atom. The van der Waals surface area contributed by atoms with Gasteiger partial charge in [0.15, 0.2) is 11.5 Å². The predicted octanol–water partition coefficient (Wildman–Crippen LogP) is 3.88. The predicted molar refractivity (Wildman–Crippen MR) is 107 cm³/mol. The second kappa shape index (κ2) is 7.52. The maximum atomic E-state index is 13.5. The largest absolute Gasteiger partial charge is 0.493 e. The molecule has 1 aliphatic rings. The summed E-state index contributed by atoms with van der Waals surface area (Å²) in [5.41, 5.74) is 2.70. The van der Waals surface area contributed by atoms with Gasteiger partial charge in [0.25, 0.3) is 0 Å². The Hall–Kier alpha value is -3.86. The lowest BCUT2D eigenvalue weighted by molar-refractivity contribution is 0.355. The van der Waals surface area contributed by atoms with Crippen LogP contribution < -0.4 is 14.2 Å². The minimum Gasteiger partial charge on any atom is -0.493 e. The fraction of sp³-hybridized carbons (Fsp3) is 0.227. The Labute approximate surface area is 172 Å². The summed E-state index contributed by atoms with van der Waals surface area (Å²) in [4.78, 5) is 0. The lowest BCUT2D eigenvalue weighted by atomic mass is 9.79. The molecule has 1 N–H and O–H groups in total. The summed E-state index contributed by atoms with van der Waals surface area (Å²) >= 11 is 0. The normalized spacial score (nSPS) is 17.6. The Kier molecular flexibility index (Phi) is 4.88. The van der Waals surface area contributed by atoms with E-state index in [0.29, 0.717) is 34.2 Å². The topological polar surface area (TPSA) is 93.2 Å².